The van der Waals surface area contributed by atoms with Crippen LogP contribution in [0.15, 0.2) is 23.8 Å². The summed E-state index contributed by atoms with van der Waals surface area (Å²) in [5, 5.41) is 0. The van der Waals surface area contributed by atoms with Crippen LogP contribution >= 0.6 is 0 Å². The molecule has 0 saturated heterocycles. The van der Waals surface area contributed by atoms with E-state index in [4.69, 9.17) is 4.74 Å². The average Bonchev–Trinajstić information content (AvgIpc) is 2.41. The smallest absolute Gasteiger partial charge is 0.308 e. The summed E-state index contributed by atoms with van der Waals surface area (Å²) in [6, 6.07) is 0. The first-order valence-electron chi connectivity index (χ1n) is 8.04. The van der Waals surface area contributed by atoms with E-state index >= 15 is 0 Å². The molecule has 0 heterocycles. The molecule has 2 rings (SSSR count). The van der Waals surface area contributed by atoms with E-state index in [2.05, 4.69) is 39.0 Å². The van der Waals surface area contributed by atoms with Gasteiger partial charge in [0.25, 0.3) is 0 Å². The second kappa shape index (κ2) is 6.15. The molecule has 0 N–H and O–H groups in total. The zero-order chi connectivity index (χ0) is 14.9. The van der Waals surface area contributed by atoms with Crippen molar-refractivity contribution in [2.45, 2.75) is 53.6 Å². The van der Waals surface area contributed by atoms with E-state index in [1.54, 1.807) is 0 Å². The van der Waals surface area contributed by atoms with Crippen LogP contribution in [0.5, 0.6) is 0 Å². The molecule has 6 atom stereocenters. The minimum Gasteiger partial charge on any atom is -0.461 e. The van der Waals surface area contributed by atoms with Crippen LogP contribution in [0.25, 0.3) is 0 Å². The van der Waals surface area contributed by atoms with Crippen molar-refractivity contribution in [2.24, 2.45) is 29.6 Å². The molecular formula is C18H28O2. The number of carbonyl (C=O) groups excluding carboxylic acids is 1. The third kappa shape index (κ3) is 2.99. The van der Waals surface area contributed by atoms with Crippen molar-refractivity contribution >= 4 is 5.97 Å². The summed E-state index contributed by atoms with van der Waals surface area (Å²) < 4.78 is 5.89. The van der Waals surface area contributed by atoms with E-state index < -0.39 is 0 Å². The van der Waals surface area contributed by atoms with E-state index in [-0.39, 0.29) is 18.0 Å². The van der Waals surface area contributed by atoms with E-state index in [0.29, 0.717) is 23.7 Å². The average molecular weight is 276 g/mol. The molecule has 0 fully saturated rings. The Bertz CT molecular complexity index is 421. The summed E-state index contributed by atoms with van der Waals surface area (Å²) in [6.07, 6.45) is 8.75. The molecule has 0 amide bonds. The monoisotopic (exact) mass is 276 g/mol. The lowest BCUT2D eigenvalue weighted by molar-refractivity contribution is -0.158. The maximum absolute atomic E-state index is 12.2. The topological polar surface area (TPSA) is 26.3 Å². The fourth-order valence-corrected chi connectivity index (χ4v) is 3.36. The van der Waals surface area contributed by atoms with Gasteiger partial charge in [0.15, 0.2) is 0 Å². The summed E-state index contributed by atoms with van der Waals surface area (Å²) in [5.41, 5.74) is 1.37. The molecule has 0 saturated carbocycles. The van der Waals surface area contributed by atoms with Crippen LogP contribution in [0, 0.1) is 29.6 Å². The summed E-state index contributed by atoms with van der Waals surface area (Å²) >= 11 is 0. The number of esters is 1. The summed E-state index contributed by atoms with van der Waals surface area (Å²) in [7, 11) is 0. The highest BCUT2D eigenvalue weighted by molar-refractivity contribution is 5.72. The second-order valence-corrected chi connectivity index (χ2v) is 6.77. The fraction of sp³-hybridized carbons (Fsp3) is 0.722. The van der Waals surface area contributed by atoms with Gasteiger partial charge in [-0.05, 0) is 36.2 Å². The Morgan fingerprint density at radius 1 is 1.40 bits per heavy atom. The quantitative estimate of drug-likeness (QED) is 0.716. The number of fused-ring (bicyclic) bond motifs is 1. The SMILES string of the molecule is CC[C@H](C)C(=O)O[C@H]1C[C@@H](C)C=C2C=C[C@@H](C)C(C)C21. The molecule has 2 unspecified atom stereocenters. The lowest BCUT2D eigenvalue weighted by Gasteiger charge is -2.41. The maximum Gasteiger partial charge on any atom is 0.308 e. The molecule has 2 heteroatoms. The molecule has 20 heavy (non-hydrogen) atoms. The van der Waals surface area contributed by atoms with Crippen molar-refractivity contribution in [3.05, 3.63) is 23.8 Å². The van der Waals surface area contributed by atoms with Crippen LogP contribution in [-0.4, -0.2) is 12.1 Å². The van der Waals surface area contributed by atoms with Crippen molar-refractivity contribution in [3.8, 4) is 0 Å². The van der Waals surface area contributed by atoms with Gasteiger partial charge in [-0.3, -0.25) is 4.79 Å². The Hall–Kier alpha value is -1.05. The van der Waals surface area contributed by atoms with Crippen LogP contribution in [0.1, 0.15) is 47.5 Å². The lowest BCUT2D eigenvalue weighted by atomic mass is 9.67. The van der Waals surface area contributed by atoms with Crippen molar-refractivity contribution in [2.75, 3.05) is 0 Å². The maximum atomic E-state index is 12.2. The zero-order valence-electron chi connectivity index (χ0n) is 13.4. The first kappa shape index (κ1) is 15.3. The van der Waals surface area contributed by atoms with Crippen LogP contribution < -0.4 is 0 Å². The van der Waals surface area contributed by atoms with Gasteiger partial charge in [-0.1, -0.05) is 52.8 Å². The van der Waals surface area contributed by atoms with Gasteiger partial charge in [0.1, 0.15) is 6.10 Å². The standard InChI is InChI=1S/C18H28O2/c1-6-12(3)18(19)20-16-10-11(2)9-15-8-7-13(4)14(5)17(15)16/h7-9,11-14,16-17H,6,10H2,1-5H3/t11-,12-,13+,14?,16-,17?/m0/s1. The van der Waals surface area contributed by atoms with Crippen molar-refractivity contribution in [1.82, 2.24) is 0 Å². The zero-order valence-corrected chi connectivity index (χ0v) is 13.4. The summed E-state index contributed by atoms with van der Waals surface area (Å²) in [4.78, 5) is 12.2. The Morgan fingerprint density at radius 3 is 2.75 bits per heavy atom. The Balaban J connectivity index is 2.19. The van der Waals surface area contributed by atoms with Crippen LogP contribution in [0.2, 0.25) is 0 Å². The predicted molar refractivity (Wildman–Crippen MR) is 82.2 cm³/mol. The van der Waals surface area contributed by atoms with Gasteiger partial charge in [-0.15, -0.1) is 0 Å². The van der Waals surface area contributed by atoms with Crippen LogP contribution in [0.3, 0.4) is 0 Å². The molecule has 2 nitrogen and oxygen atoms in total. The van der Waals surface area contributed by atoms with E-state index in [1.807, 2.05) is 13.8 Å². The molecule has 0 aromatic heterocycles. The van der Waals surface area contributed by atoms with Crippen LogP contribution in [0.4, 0.5) is 0 Å². The third-order valence-electron chi connectivity index (χ3n) is 5.14. The molecular weight excluding hydrogens is 248 g/mol. The molecule has 0 radical (unpaired) electrons. The van der Waals surface area contributed by atoms with E-state index in [1.165, 1.54) is 5.57 Å². The molecule has 2 aliphatic carbocycles. The predicted octanol–water partition coefficient (Wildman–Crippen LogP) is 4.37. The number of allylic oxidation sites excluding steroid dienone is 3. The molecule has 112 valence electrons. The number of rotatable bonds is 3. The van der Waals surface area contributed by atoms with Crippen molar-refractivity contribution < 1.29 is 9.53 Å². The van der Waals surface area contributed by atoms with Crippen molar-refractivity contribution in [1.29, 1.82) is 0 Å². The van der Waals surface area contributed by atoms with Gasteiger partial charge in [-0.2, -0.15) is 0 Å². The molecule has 0 spiro atoms. The van der Waals surface area contributed by atoms with Gasteiger partial charge in [0, 0.05) is 5.92 Å². The minimum atomic E-state index is -0.0274. The second-order valence-electron chi connectivity index (χ2n) is 6.77. The molecule has 0 aromatic rings. The summed E-state index contributed by atoms with van der Waals surface area (Å²) in [5.74, 6) is 1.93. The highest BCUT2D eigenvalue weighted by Crippen LogP contribution is 2.42. The number of hydrogen-bond donors (Lipinski definition) is 0. The van der Waals surface area contributed by atoms with Gasteiger partial charge in [0.05, 0.1) is 5.92 Å². The first-order valence-corrected chi connectivity index (χ1v) is 8.04. The minimum absolute atomic E-state index is 0.00604. The Kier molecular flexibility index (Phi) is 4.72. The normalized spacial score (nSPS) is 37.9. The number of carbonyl (C=O) groups is 1. The first-order chi connectivity index (χ1) is 9.43. The Morgan fingerprint density at radius 2 is 2.10 bits per heavy atom. The highest BCUT2D eigenvalue weighted by Gasteiger charge is 2.39. The molecule has 0 bridgehead atoms. The van der Waals surface area contributed by atoms with Gasteiger partial charge < -0.3 is 4.74 Å². The fourth-order valence-electron chi connectivity index (χ4n) is 3.36. The van der Waals surface area contributed by atoms with Gasteiger partial charge in [0.2, 0.25) is 0 Å². The number of ether oxygens (including phenoxy) is 1. The van der Waals surface area contributed by atoms with Gasteiger partial charge >= 0.3 is 5.97 Å². The molecule has 2 aliphatic rings. The lowest BCUT2D eigenvalue weighted by Crippen LogP contribution is -2.40. The molecule has 0 aromatic carbocycles. The van der Waals surface area contributed by atoms with E-state index in [9.17, 15) is 4.79 Å². The largest absolute Gasteiger partial charge is 0.461 e. The van der Waals surface area contributed by atoms with Gasteiger partial charge in [-0.25, -0.2) is 0 Å². The van der Waals surface area contributed by atoms with Crippen LogP contribution in [-0.2, 0) is 9.53 Å². The summed E-state index contributed by atoms with van der Waals surface area (Å²) in [6.45, 7) is 10.7. The molecule has 0 aliphatic heterocycles. The van der Waals surface area contributed by atoms with Crippen molar-refractivity contribution in [3.63, 3.8) is 0 Å². The Labute approximate surface area is 123 Å². The third-order valence-corrected chi connectivity index (χ3v) is 5.14. The highest BCUT2D eigenvalue weighted by atomic mass is 16.5. The number of hydrogen-bond acceptors (Lipinski definition) is 2. The van der Waals surface area contributed by atoms with E-state index in [0.717, 1.165) is 12.8 Å².